The molecule has 0 spiro atoms. The minimum absolute atomic E-state index is 0.0924. The molecule has 2 N–H and O–H groups in total. The molecule has 0 bridgehead atoms. The van der Waals surface area contributed by atoms with E-state index in [0.29, 0.717) is 11.3 Å². The van der Waals surface area contributed by atoms with Crippen LogP contribution >= 0.6 is 0 Å². The van der Waals surface area contributed by atoms with Crippen molar-refractivity contribution in [3.8, 4) is 11.1 Å². The lowest BCUT2D eigenvalue weighted by Crippen LogP contribution is -2.44. The number of benzene rings is 3. The maximum absolute atomic E-state index is 13.0. The molecular formula is C27H23F3N2O4. The third kappa shape index (κ3) is 4.95. The first kappa shape index (κ1) is 25.0. The number of amides is 2. The van der Waals surface area contributed by atoms with Crippen molar-refractivity contribution < 1.29 is 32.7 Å². The summed E-state index contributed by atoms with van der Waals surface area (Å²) in [6.45, 7) is 3.76. The highest BCUT2D eigenvalue weighted by molar-refractivity contribution is 6.04. The number of halogens is 3. The number of aliphatic carboxylic acids is 1. The van der Waals surface area contributed by atoms with E-state index in [0.717, 1.165) is 41.0 Å². The summed E-state index contributed by atoms with van der Waals surface area (Å²) in [5, 5.41) is 12.2. The van der Waals surface area contributed by atoms with Crippen molar-refractivity contribution >= 4 is 23.5 Å². The molecule has 0 fully saturated rings. The maximum Gasteiger partial charge on any atom is 0.416 e. The number of carboxylic acids is 1. The molecule has 0 saturated carbocycles. The molecular weight excluding hydrogens is 473 g/mol. The summed E-state index contributed by atoms with van der Waals surface area (Å²) in [4.78, 5) is 38.4. The van der Waals surface area contributed by atoms with Crippen molar-refractivity contribution in [1.29, 1.82) is 0 Å². The van der Waals surface area contributed by atoms with Crippen molar-refractivity contribution in [1.82, 2.24) is 4.90 Å². The highest BCUT2D eigenvalue weighted by Crippen LogP contribution is 2.32. The van der Waals surface area contributed by atoms with E-state index < -0.39 is 29.7 Å². The molecule has 3 aromatic carbocycles. The van der Waals surface area contributed by atoms with Crippen LogP contribution in [0.4, 0.5) is 18.9 Å². The Hall–Kier alpha value is -4.14. The number of hydrogen-bond donors (Lipinski definition) is 2. The smallest absolute Gasteiger partial charge is 0.416 e. The molecule has 6 nitrogen and oxygen atoms in total. The number of nitrogens with zero attached hydrogens (tertiary/aromatic N) is 1. The fourth-order valence-electron chi connectivity index (χ4n) is 4.27. The monoisotopic (exact) mass is 496 g/mol. The quantitative estimate of drug-likeness (QED) is 0.459. The van der Waals surface area contributed by atoms with Gasteiger partial charge in [0.25, 0.3) is 11.8 Å². The predicted octanol–water partition coefficient (Wildman–Crippen LogP) is 5.69. The molecule has 9 heteroatoms. The van der Waals surface area contributed by atoms with E-state index in [2.05, 4.69) is 5.32 Å². The van der Waals surface area contributed by atoms with Gasteiger partial charge >= 0.3 is 12.1 Å². The molecule has 0 radical (unpaired) electrons. The molecule has 1 heterocycles. The minimum Gasteiger partial charge on any atom is -0.480 e. The summed E-state index contributed by atoms with van der Waals surface area (Å²) < 4.78 is 38.1. The lowest BCUT2D eigenvalue weighted by molar-refractivity contribution is -0.144. The van der Waals surface area contributed by atoms with E-state index >= 15 is 0 Å². The molecule has 0 aliphatic carbocycles. The number of fused-ring (bicyclic) bond motifs is 1. The van der Waals surface area contributed by atoms with Crippen LogP contribution < -0.4 is 5.32 Å². The van der Waals surface area contributed by atoms with Gasteiger partial charge in [0.1, 0.15) is 6.04 Å². The van der Waals surface area contributed by atoms with Gasteiger partial charge in [-0.2, -0.15) is 13.2 Å². The van der Waals surface area contributed by atoms with Crippen LogP contribution in [0.3, 0.4) is 0 Å². The van der Waals surface area contributed by atoms with Gasteiger partial charge in [0.05, 0.1) is 5.56 Å². The van der Waals surface area contributed by atoms with Gasteiger partial charge in [-0.1, -0.05) is 38.1 Å². The molecule has 3 aromatic rings. The summed E-state index contributed by atoms with van der Waals surface area (Å²) in [5.41, 5.74) is 2.46. The van der Waals surface area contributed by atoms with Crippen molar-refractivity contribution in [2.45, 2.75) is 32.6 Å². The van der Waals surface area contributed by atoms with Crippen LogP contribution in [0.2, 0.25) is 0 Å². The Labute approximate surface area is 205 Å². The molecule has 2 amide bonds. The van der Waals surface area contributed by atoms with Crippen LogP contribution in [0.15, 0.2) is 66.7 Å². The normalized spacial score (nSPS) is 14.1. The number of nitrogens with one attached hydrogen (secondary N) is 1. The average molecular weight is 496 g/mol. The zero-order chi connectivity index (χ0) is 26.2. The lowest BCUT2D eigenvalue weighted by atomic mass is 10.00. The third-order valence-corrected chi connectivity index (χ3v) is 6.11. The zero-order valence-corrected chi connectivity index (χ0v) is 19.5. The van der Waals surface area contributed by atoms with Crippen molar-refractivity contribution in [2.24, 2.45) is 5.92 Å². The van der Waals surface area contributed by atoms with Gasteiger partial charge in [-0.25, -0.2) is 4.79 Å². The molecule has 186 valence electrons. The van der Waals surface area contributed by atoms with Crippen LogP contribution in [-0.2, 0) is 17.5 Å². The highest BCUT2D eigenvalue weighted by Gasteiger charge is 2.38. The van der Waals surface area contributed by atoms with E-state index in [1.54, 1.807) is 44.2 Å². The second-order valence-corrected chi connectivity index (χ2v) is 8.94. The van der Waals surface area contributed by atoms with Gasteiger partial charge in [0.15, 0.2) is 0 Å². The molecule has 1 unspecified atom stereocenters. The van der Waals surface area contributed by atoms with Crippen LogP contribution in [0.5, 0.6) is 0 Å². The number of hydrogen-bond acceptors (Lipinski definition) is 3. The Morgan fingerprint density at radius 2 is 1.56 bits per heavy atom. The van der Waals surface area contributed by atoms with Crippen LogP contribution in [-0.4, -0.2) is 33.8 Å². The second kappa shape index (κ2) is 9.49. The van der Waals surface area contributed by atoms with Crippen LogP contribution in [0.1, 0.15) is 45.7 Å². The average Bonchev–Trinajstić information content (AvgIpc) is 3.14. The van der Waals surface area contributed by atoms with Crippen LogP contribution in [0.25, 0.3) is 11.1 Å². The van der Waals surface area contributed by atoms with Crippen molar-refractivity contribution in [3.63, 3.8) is 0 Å². The molecule has 36 heavy (non-hydrogen) atoms. The van der Waals surface area contributed by atoms with E-state index in [1.807, 2.05) is 12.1 Å². The molecule has 1 atom stereocenters. The number of rotatable bonds is 6. The minimum atomic E-state index is -4.47. The Balaban J connectivity index is 1.48. The predicted molar refractivity (Wildman–Crippen MR) is 127 cm³/mol. The third-order valence-electron chi connectivity index (χ3n) is 6.11. The Kier molecular flexibility index (Phi) is 6.58. The van der Waals surface area contributed by atoms with Gasteiger partial charge in [-0.15, -0.1) is 0 Å². The van der Waals surface area contributed by atoms with Crippen molar-refractivity contribution in [3.05, 3.63) is 89.0 Å². The van der Waals surface area contributed by atoms with Gasteiger partial charge in [-0.3, -0.25) is 9.59 Å². The first-order chi connectivity index (χ1) is 17.0. The number of carbonyl (C=O) groups is 3. The first-order valence-electron chi connectivity index (χ1n) is 11.2. The van der Waals surface area contributed by atoms with Gasteiger partial charge in [0, 0.05) is 23.4 Å². The first-order valence-corrected chi connectivity index (χ1v) is 11.2. The van der Waals surface area contributed by atoms with Gasteiger partial charge < -0.3 is 15.3 Å². The van der Waals surface area contributed by atoms with E-state index in [-0.39, 0.29) is 23.9 Å². The van der Waals surface area contributed by atoms with Gasteiger partial charge in [-0.05, 0) is 65.1 Å². The fourth-order valence-corrected chi connectivity index (χ4v) is 4.27. The maximum atomic E-state index is 13.0. The highest BCUT2D eigenvalue weighted by atomic mass is 19.4. The van der Waals surface area contributed by atoms with E-state index in [4.69, 9.17) is 0 Å². The lowest BCUT2D eigenvalue weighted by Gasteiger charge is -2.27. The van der Waals surface area contributed by atoms with Crippen molar-refractivity contribution in [2.75, 3.05) is 5.32 Å². The molecule has 0 aromatic heterocycles. The Morgan fingerprint density at radius 1 is 0.944 bits per heavy atom. The second-order valence-electron chi connectivity index (χ2n) is 8.94. The summed E-state index contributed by atoms with van der Waals surface area (Å²) in [6.07, 6.45) is -4.47. The summed E-state index contributed by atoms with van der Waals surface area (Å²) in [7, 11) is 0. The number of carboxylic acid groups (broad SMARTS) is 1. The SMILES string of the molecule is CC(C)C(C(=O)O)N1Cc2ccc(-c3ccc(NC(=O)c4ccc(C(F)(F)F)cc4)cc3)cc2C1=O. The number of carbonyl (C=O) groups excluding carboxylic acids is 2. The Bertz CT molecular complexity index is 1320. The zero-order valence-electron chi connectivity index (χ0n) is 19.5. The topological polar surface area (TPSA) is 86.7 Å². The van der Waals surface area contributed by atoms with E-state index in [1.165, 1.54) is 4.90 Å². The van der Waals surface area contributed by atoms with E-state index in [9.17, 15) is 32.7 Å². The molecule has 4 rings (SSSR count). The fraction of sp³-hybridized carbons (Fsp3) is 0.222. The number of alkyl halides is 3. The largest absolute Gasteiger partial charge is 0.480 e. The molecule has 1 aliphatic heterocycles. The Morgan fingerprint density at radius 3 is 2.11 bits per heavy atom. The number of anilines is 1. The summed E-state index contributed by atoms with van der Waals surface area (Å²) >= 11 is 0. The molecule has 1 aliphatic rings. The molecule has 0 saturated heterocycles. The summed E-state index contributed by atoms with van der Waals surface area (Å²) in [5.74, 6) is -2.16. The summed E-state index contributed by atoms with van der Waals surface area (Å²) in [6, 6.07) is 15.2. The van der Waals surface area contributed by atoms with Gasteiger partial charge in [0.2, 0.25) is 0 Å². The van der Waals surface area contributed by atoms with Crippen LogP contribution in [0, 0.1) is 5.92 Å². The standard InChI is InChI=1S/C27H23F3N2O4/c1-15(2)23(26(35)36)32-14-19-4-3-18(13-22(19)25(32)34)16-7-11-21(12-8-16)31-24(33)17-5-9-20(10-6-17)27(28,29)30/h3-13,15,23H,14H2,1-2H3,(H,31,33)(H,35,36).